The molecule has 1 heterocycles. The maximum atomic E-state index is 10.4. The number of carboxylic acids is 1. The van der Waals surface area contributed by atoms with Crippen LogP contribution in [0.15, 0.2) is 17.7 Å². The van der Waals surface area contributed by atoms with Gasteiger partial charge in [-0.1, -0.05) is 11.6 Å². The molecule has 0 fully saturated rings. The molecule has 2 nitrogen and oxygen atoms in total. The minimum Gasteiger partial charge on any atom is -0.478 e. The molecule has 1 N–H and O–H groups in total. The Bertz CT molecular complexity index is 328. The van der Waals surface area contributed by atoms with Crippen molar-refractivity contribution in [1.82, 2.24) is 0 Å². The summed E-state index contributed by atoms with van der Waals surface area (Å²) < 4.78 is 0.666. The van der Waals surface area contributed by atoms with Gasteiger partial charge in [-0.2, -0.15) is 0 Å². The monoisotopic (exact) mass is 202 g/mol. The average Bonchev–Trinajstić information content (AvgIpc) is 2.35. The van der Waals surface area contributed by atoms with Crippen molar-refractivity contribution >= 4 is 35.0 Å². The number of aliphatic carboxylic acids is 1. The number of hydrogen-bond donors (Lipinski definition) is 1. The minimum absolute atomic E-state index is 0.313. The van der Waals surface area contributed by atoms with Crippen molar-refractivity contribution in [3.8, 4) is 0 Å². The van der Waals surface area contributed by atoms with Crippen molar-refractivity contribution in [3.63, 3.8) is 0 Å². The topological polar surface area (TPSA) is 37.3 Å². The molecule has 0 aromatic carbocycles. The minimum atomic E-state index is -0.903. The summed E-state index contributed by atoms with van der Waals surface area (Å²) in [6.45, 7) is 1.55. The van der Waals surface area contributed by atoms with Crippen LogP contribution in [-0.4, -0.2) is 11.1 Å². The van der Waals surface area contributed by atoms with Crippen LogP contribution in [0.4, 0.5) is 0 Å². The summed E-state index contributed by atoms with van der Waals surface area (Å²) in [5, 5.41) is 8.55. The van der Waals surface area contributed by atoms with Gasteiger partial charge >= 0.3 is 5.97 Å². The van der Waals surface area contributed by atoms with Gasteiger partial charge in [0.05, 0.1) is 4.34 Å². The van der Waals surface area contributed by atoms with Gasteiger partial charge in [-0.25, -0.2) is 4.79 Å². The fraction of sp³-hybridized carbons (Fsp3) is 0.125. The summed E-state index contributed by atoms with van der Waals surface area (Å²) in [5.74, 6) is -0.903. The van der Waals surface area contributed by atoms with Crippen molar-refractivity contribution in [2.24, 2.45) is 0 Å². The molecular weight excluding hydrogens is 196 g/mol. The van der Waals surface area contributed by atoms with E-state index >= 15 is 0 Å². The van der Waals surface area contributed by atoms with Gasteiger partial charge in [0.25, 0.3) is 0 Å². The number of hydrogen-bond acceptors (Lipinski definition) is 2. The van der Waals surface area contributed by atoms with Gasteiger partial charge in [0.2, 0.25) is 0 Å². The van der Waals surface area contributed by atoms with Crippen molar-refractivity contribution in [3.05, 3.63) is 26.9 Å². The summed E-state index contributed by atoms with van der Waals surface area (Å²) >= 11 is 7.02. The third-order valence-corrected chi connectivity index (χ3v) is 2.47. The maximum absolute atomic E-state index is 10.4. The molecule has 0 saturated carbocycles. The van der Waals surface area contributed by atoms with Crippen molar-refractivity contribution < 1.29 is 9.90 Å². The highest BCUT2D eigenvalue weighted by Crippen LogP contribution is 2.23. The molecule has 0 saturated heterocycles. The molecule has 1 rings (SSSR count). The molecule has 0 bridgehead atoms. The molecule has 12 heavy (non-hydrogen) atoms. The predicted molar refractivity (Wildman–Crippen MR) is 50.6 cm³/mol. The molecule has 1 aromatic rings. The van der Waals surface area contributed by atoms with E-state index in [0.29, 0.717) is 9.91 Å². The van der Waals surface area contributed by atoms with E-state index in [9.17, 15) is 4.79 Å². The molecular formula is C8H7ClO2S. The molecule has 64 valence electrons. The van der Waals surface area contributed by atoms with Crippen LogP contribution in [0.1, 0.15) is 11.8 Å². The molecule has 0 aliphatic rings. The van der Waals surface area contributed by atoms with Crippen LogP contribution in [0.25, 0.3) is 6.08 Å². The second-order valence-electron chi connectivity index (χ2n) is 2.27. The lowest BCUT2D eigenvalue weighted by Crippen LogP contribution is -1.94. The summed E-state index contributed by atoms with van der Waals surface area (Å²) in [7, 11) is 0. The predicted octanol–water partition coefficient (Wildman–Crippen LogP) is 2.89. The number of halogens is 1. The molecule has 0 aliphatic heterocycles. The Morgan fingerprint density at radius 2 is 2.33 bits per heavy atom. The highest BCUT2D eigenvalue weighted by Gasteiger charge is 2.00. The molecule has 0 amide bonds. The van der Waals surface area contributed by atoms with Gasteiger partial charge in [0.15, 0.2) is 0 Å². The first-order valence-electron chi connectivity index (χ1n) is 3.26. The molecule has 0 unspecified atom stereocenters. The van der Waals surface area contributed by atoms with Crippen LogP contribution in [0.3, 0.4) is 0 Å². The second-order valence-corrected chi connectivity index (χ2v) is 4.02. The maximum Gasteiger partial charge on any atom is 0.331 e. The molecule has 0 aliphatic carbocycles. The van der Waals surface area contributed by atoms with Crippen molar-refractivity contribution in [2.45, 2.75) is 6.92 Å². The summed E-state index contributed by atoms with van der Waals surface area (Å²) in [5.41, 5.74) is 0.313. The Morgan fingerprint density at radius 3 is 2.75 bits per heavy atom. The first kappa shape index (κ1) is 9.29. The number of carboxylic acid groups (broad SMARTS) is 1. The zero-order valence-electron chi connectivity index (χ0n) is 6.37. The van der Waals surface area contributed by atoms with Gasteiger partial charge in [-0.3, -0.25) is 0 Å². The van der Waals surface area contributed by atoms with Crippen molar-refractivity contribution in [2.75, 3.05) is 0 Å². The van der Waals surface area contributed by atoms with Gasteiger partial charge in [-0.15, -0.1) is 11.3 Å². The van der Waals surface area contributed by atoms with Gasteiger partial charge in [-0.05, 0) is 25.1 Å². The Kier molecular flexibility index (Phi) is 2.89. The van der Waals surface area contributed by atoms with Crippen LogP contribution in [0.2, 0.25) is 4.34 Å². The lowest BCUT2D eigenvalue weighted by molar-refractivity contribution is -0.132. The zero-order valence-corrected chi connectivity index (χ0v) is 7.95. The van der Waals surface area contributed by atoms with Crippen LogP contribution < -0.4 is 0 Å². The van der Waals surface area contributed by atoms with E-state index in [1.54, 1.807) is 25.1 Å². The first-order valence-corrected chi connectivity index (χ1v) is 4.46. The Balaban J connectivity index is 2.87. The zero-order chi connectivity index (χ0) is 9.14. The lowest BCUT2D eigenvalue weighted by atomic mass is 10.2. The normalized spacial score (nSPS) is 11.7. The van der Waals surface area contributed by atoms with Gasteiger partial charge < -0.3 is 5.11 Å². The highest BCUT2D eigenvalue weighted by atomic mass is 35.5. The fourth-order valence-corrected chi connectivity index (χ4v) is 1.74. The Morgan fingerprint density at radius 1 is 1.67 bits per heavy atom. The fourth-order valence-electron chi connectivity index (χ4n) is 0.681. The van der Waals surface area contributed by atoms with E-state index in [4.69, 9.17) is 16.7 Å². The third-order valence-electron chi connectivity index (χ3n) is 1.29. The summed E-state index contributed by atoms with van der Waals surface area (Å²) in [4.78, 5) is 11.3. The lowest BCUT2D eigenvalue weighted by Gasteiger charge is -1.89. The van der Waals surface area contributed by atoms with E-state index < -0.39 is 5.97 Å². The molecule has 0 radical (unpaired) electrons. The number of thiophene rings is 1. The molecule has 0 spiro atoms. The average molecular weight is 203 g/mol. The Labute approximate surface area is 79.1 Å². The molecule has 0 atom stereocenters. The Hall–Kier alpha value is -0.800. The van der Waals surface area contributed by atoms with Gasteiger partial charge in [0.1, 0.15) is 0 Å². The standard InChI is InChI=1S/C8H7ClO2S/c1-5(8(10)11)4-6-2-3-7(9)12-6/h2-4H,1H3,(H,10,11). The quantitative estimate of drug-likeness (QED) is 0.749. The summed E-state index contributed by atoms with van der Waals surface area (Å²) in [6, 6.07) is 3.53. The highest BCUT2D eigenvalue weighted by molar-refractivity contribution is 7.17. The van der Waals surface area contributed by atoms with Crippen LogP contribution in [0.5, 0.6) is 0 Å². The SMILES string of the molecule is CC(=Cc1ccc(Cl)s1)C(=O)O. The first-order chi connectivity index (χ1) is 5.59. The van der Waals surface area contributed by atoms with E-state index in [1.807, 2.05) is 0 Å². The molecule has 4 heteroatoms. The van der Waals surface area contributed by atoms with Crippen LogP contribution >= 0.6 is 22.9 Å². The van der Waals surface area contributed by atoms with E-state index in [-0.39, 0.29) is 0 Å². The van der Waals surface area contributed by atoms with Crippen molar-refractivity contribution in [1.29, 1.82) is 0 Å². The van der Waals surface area contributed by atoms with E-state index in [1.165, 1.54) is 11.3 Å². The second kappa shape index (κ2) is 3.74. The van der Waals surface area contributed by atoms with Crippen LogP contribution in [-0.2, 0) is 4.79 Å². The number of rotatable bonds is 2. The smallest absolute Gasteiger partial charge is 0.331 e. The largest absolute Gasteiger partial charge is 0.478 e. The van der Waals surface area contributed by atoms with Crippen LogP contribution in [0, 0.1) is 0 Å². The van der Waals surface area contributed by atoms with E-state index in [0.717, 1.165) is 4.88 Å². The third kappa shape index (κ3) is 2.36. The molecule has 1 aromatic heterocycles. The summed E-state index contributed by atoms with van der Waals surface area (Å²) in [6.07, 6.45) is 1.60. The number of carbonyl (C=O) groups is 1. The van der Waals surface area contributed by atoms with Gasteiger partial charge in [0, 0.05) is 10.5 Å². The van der Waals surface area contributed by atoms with E-state index in [2.05, 4.69) is 0 Å².